The molecule has 0 bridgehead atoms. The van der Waals surface area contributed by atoms with E-state index in [9.17, 15) is 9.18 Å². The summed E-state index contributed by atoms with van der Waals surface area (Å²) in [6.45, 7) is 4.23. The van der Waals surface area contributed by atoms with E-state index in [2.05, 4.69) is 29.4 Å². The van der Waals surface area contributed by atoms with Gasteiger partial charge in [-0.15, -0.1) is 10.2 Å². The van der Waals surface area contributed by atoms with Crippen molar-refractivity contribution in [1.82, 2.24) is 14.9 Å². The SMILES string of the molecule is CC(C)c1ccc(NC(=O)CSc2nnc(-c3ccccc3F)n2N)cc1. The number of nitrogens with zero attached hydrogens (tertiary/aromatic N) is 3. The Morgan fingerprint density at radius 1 is 1.19 bits per heavy atom. The third-order valence-corrected chi connectivity index (χ3v) is 4.92. The van der Waals surface area contributed by atoms with Gasteiger partial charge < -0.3 is 11.2 Å². The van der Waals surface area contributed by atoms with Gasteiger partial charge in [-0.1, -0.05) is 49.9 Å². The number of hydrogen-bond acceptors (Lipinski definition) is 5. The fraction of sp³-hybridized carbons (Fsp3) is 0.211. The summed E-state index contributed by atoms with van der Waals surface area (Å²) >= 11 is 1.13. The van der Waals surface area contributed by atoms with Crippen molar-refractivity contribution in [2.45, 2.75) is 24.9 Å². The van der Waals surface area contributed by atoms with Gasteiger partial charge in [-0.2, -0.15) is 0 Å². The quantitative estimate of drug-likeness (QED) is 0.500. The molecule has 1 heterocycles. The van der Waals surface area contributed by atoms with Crippen LogP contribution in [0.15, 0.2) is 53.7 Å². The number of hydrogen-bond donors (Lipinski definition) is 2. The van der Waals surface area contributed by atoms with Gasteiger partial charge in [0.05, 0.1) is 11.3 Å². The van der Waals surface area contributed by atoms with Crippen LogP contribution in [0.25, 0.3) is 11.4 Å². The molecule has 140 valence electrons. The van der Waals surface area contributed by atoms with Crippen LogP contribution in [-0.4, -0.2) is 26.5 Å². The number of nitrogens with one attached hydrogen (secondary N) is 1. The van der Waals surface area contributed by atoms with Gasteiger partial charge in [0, 0.05) is 5.69 Å². The number of nitrogen functional groups attached to an aromatic ring is 1. The highest BCUT2D eigenvalue weighted by Crippen LogP contribution is 2.24. The molecule has 1 amide bonds. The van der Waals surface area contributed by atoms with E-state index in [0.717, 1.165) is 17.4 Å². The molecule has 3 rings (SSSR count). The standard InChI is InChI=1S/C19H20FN5OS/c1-12(2)13-7-9-14(10-8-13)22-17(26)11-27-19-24-23-18(25(19)21)15-5-3-4-6-16(15)20/h3-10,12H,11,21H2,1-2H3,(H,22,26). The van der Waals surface area contributed by atoms with E-state index in [-0.39, 0.29) is 23.0 Å². The zero-order valence-corrected chi connectivity index (χ0v) is 15.8. The van der Waals surface area contributed by atoms with Gasteiger partial charge in [-0.25, -0.2) is 9.07 Å². The van der Waals surface area contributed by atoms with Gasteiger partial charge in [0.2, 0.25) is 11.1 Å². The van der Waals surface area contributed by atoms with Crippen molar-refractivity contribution in [1.29, 1.82) is 0 Å². The number of rotatable bonds is 6. The van der Waals surface area contributed by atoms with Crippen molar-refractivity contribution in [3.8, 4) is 11.4 Å². The third kappa shape index (κ3) is 4.46. The molecule has 0 aliphatic carbocycles. The minimum atomic E-state index is -0.435. The molecule has 0 aliphatic heterocycles. The molecular formula is C19H20FN5OS. The zero-order valence-electron chi connectivity index (χ0n) is 15.0. The zero-order chi connectivity index (χ0) is 19.4. The van der Waals surface area contributed by atoms with Gasteiger partial charge >= 0.3 is 0 Å². The summed E-state index contributed by atoms with van der Waals surface area (Å²) in [5.41, 5.74) is 2.19. The molecule has 3 N–H and O–H groups in total. The average molecular weight is 385 g/mol. The molecular weight excluding hydrogens is 365 g/mol. The van der Waals surface area contributed by atoms with Crippen molar-refractivity contribution in [3.05, 3.63) is 59.9 Å². The van der Waals surface area contributed by atoms with E-state index in [0.29, 0.717) is 11.1 Å². The predicted octanol–water partition coefficient (Wildman–Crippen LogP) is 3.65. The summed E-state index contributed by atoms with van der Waals surface area (Å²) in [5, 5.41) is 11.0. The first kappa shape index (κ1) is 18.9. The summed E-state index contributed by atoms with van der Waals surface area (Å²) in [7, 11) is 0. The van der Waals surface area contributed by atoms with Crippen molar-refractivity contribution in [2.75, 3.05) is 16.9 Å². The molecule has 0 saturated heterocycles. The molecule has 0 aliphatic rings. The Hall–Kier alpha value is -2.87. The molecule has 3 aromatic rings. The molecule has 1 aromatic heterocycles. The Morgan fingerprint density at radius 3 is 2.56 bits per heavy atom. The topological polar surface area (TPSA) is 85.8 Å². The molecule has 27 heavy (non-hydrogen) atoms. The molecule has 0 saturated carbocycles. The van der Waals surface area contributed by atoms with Crippen LogP contribution in [0.3, 0.4) is 0 Å². The van der Waals surface area contributed by atoms with E-state index in [1.807, 2.05) is 24.3 Å². The molecule has 0 radical (unpaired) electrons. The maximum absolute atomic E-state index is 13.9. The monoisotopic (exact) mass is 385 g/mol. The second kappa shape index (κ2) is 8.22. The van der Waals surface area contributed by atoms with Crippen LogP contribution in [0, 0.1) is 5.82 Å². The lowest BCUT2D eigenvalue weighted by molar-refractivity contribution is -0.113. The fourth-order valence-electron chi connectivity index (χ4n) is 2.48. The highest BCUT2D eigenvalue weighted by Gasteiger charge is 2.16. The largest absolute Gasteiger partial charge is 0.335 e. The average Bonchev–Trinajstić information content (AvgIpc) is 3.01. The summed E-state index contributed by atoms with van der Waals surface area (Å²) in [6.07, 6.45) is 0. The normalized spacial score (nSPS) is 11.0. The summed E-state index contributed by atoms with van der Waals surface area (Å²) < 4.78 is 15.1. The van der Waals surface area contributed by atoms with Gasteiger partial charge in [0.25, 0.3) is 0 Å². The summed E-state index contributed by atoms with van der Waals surface area (Å²) in [6, 6.07) is 13.9. The van der Waals surface area contributed by atoms with Crippen LogP contribution in [0.2, 0.25) is 0 Å². The number of anilines is 1. The number of halogens is 1. The van der Waals surface area contributed by atoms with E-state index < -0.39 is 5.82 Å². The number of amides is 1. The van der Waals surface area contributed by atoms with Crippen LogP contribution in [0.1, 0.15) is 25.3 Å². The van der Waals surface area contributed by atoms with Crippen molar-refractivity contribution < 1.29 is 9.18 Å². The second-order valence-electron chi connectivity index (χ2n) is 6.27. The first-order valence-corrected chi connectivity index (χ1v) is 9.42. The Kier molecular flexibility index (Phi) is 5.75. The van der Waals surface area contributed by atoms with Gasteiger partial charge in [0.1, 0.15) is 5.82 Å². The molecule has 0 atom stereocenters. The Labute approximate surface area is 161 Å². The van der Waals surface area contributed by atoms with Crippen LogP contribution in [0.4, 0.5) is 10.1 Å². The number of carbonyl (C=O) groups is 1. The van der Waals surface area contributed by atoms with E-state index in [1.54, 1.807) is 18.2 Å². The Balaban J connectivity index is 1.62. The smallest absolute Gasteiger partial charge is 0.234 e. The number of thioether (sulfide) groups is 1. The molecule has 0 spiro atoms. The molecule has 0 unspecified atom stereocenters. The lowest BCUT2D eigenvalue weighted by Crippen LogP contribution is -2.16. The third-order valence-electron chi connectivity index (χ3n) is 3.97. The van der Waals surface area contributed by atoms with Crippen LogP contribution in [0.5, 0.6) is 0 Å². The highest BCUT2D eigenvalue weighted by atomic mass is 32.2. The van der Waals surface area contributed by atoms with Gasteiger partial charge in [-0.3, -0.25) is 4.79 Å². The fourth-order valence-corrected chi connectivity index (χ4v) is 3.14. The van der Waals surface area contributed by atoms with Crippen LogP contribution in [-0.2, 0) is 4.79 Å². The van der Waals surface area contributed by atoms with Crippen LogP contribution >= 0.6 is 11.8 Å². The maximum atomic E-state index is 13.9. The Morgan fingerprint density at radius 2 is 1.89 bits per heavy atom. The maximum Gasteiger partial charge on any atom is 0.234 e. The van der Waals surface area contributed by atoms with Crippen molar-refractivity contribution in [3.63, 3.8) is 0 Å². The summed E-state index contributed by atoms with van der Waals surface area (Å²) in [5.74, 6) is 6.09. The van der Waals surface area contributed by atoms with Crippen molar-refractivity contribution >= 4 is 23.4 Å². The Bertz CT molecular complexity index is 940. The number of benzene rings is 2. The number of nitrogens with two attached hydrogens (primary N) is 1. The van der Waals surface area contributed by atoms with Crippen LogP contribution < -0.4 is 11.2 Å². The molecule has 0 fully saturated rings. The second-order valence-corrected chi connectivity index (χ2v) is 7.21. The van der Waals surface area contributed by atoms with E-state index in [4.69, 9.17) is 5.84 Å². The number of aromatic nitrogens is 3. The molecule has 6 nitrogen and oxygen atoms in total. The summed E-state index contributed by atoms with van der Waals surface area (Å²) in [4.78, 5) is 12.2. The highest BCUT2D eigenvalue weighted by molar-refractivity contribution is 7.99. The minimum Gasteiger partial charge on any atom is -0.335 e. The van der Waals surface area contributed by atoms with Crippen molar-refractivity contribution in [2.24, 2.45) is 0 Å². The lowest BCUT2D eigenvalue weighted by Gasteiger charge is -2.08. The van der Waals surface area contributed by atoms with Gasteiger partial charge in [-0.05, 0) is 35.7 Å². The lowest BCUT2D eigenvalue weighted by atomic mass is 10.0. The molecule has 2 aromatic carbocycles. The first-order valence-electron chi connectivity index (χ1n) is 8.43. The van der Waals surface area contributed by atoms with Gasteiger partial charge in [0.15, 0.2) is 5.82 Å². The predicted molar refractivity (Wildman–Crippen MR) is 105 cm³/mol. The van der Waals surface area contributed by atoms with E-state index in [1.165, 1.54) is 16.3 Å². The van der Waals surface area contributed by atoms with E-state index >= 15 is 0 Å². The molecule has 8 heteroatoms. The first-order chi connectivity index (χ1) is 13.0. The number of carbonyl (C=O) groups excluding carboxylic acids is 1. The minimum absolute atomic E-state index is 0.110.